The van der Waals surface area contributed by atoms with Crippen molar-refractivity contribution < 1.29 is 0 Å². The minimum absolute atomic E-state index is 0.512. The monoisotopic (exact) mass is 247 g/mol. The molecule has 4 rings (SSSR count). The van der Waals surface area contributed by atoms with Crippen LogP contribution in [-0.2, 0) is 12.8 Å². The first-order valence-corrected chi connectivity index (χ1v) is 7.05. The molecule has 1 atom stereocenters. The van der Waals surface area contributed by atoms with Crippen molar-refractivity contribution in [1.29, 1.82) is 0 Å². The van der Waals surface area contributed by atoms with E-state index in [2.05, 4.69) is 59.6 Å². The highest BCUT2D eigenvalue weighted by Crippen LogP contribution is 2.34. The SMILES string of the molecule is C1=Cc2[nH]c3c(c2CC1)C=CC(c1ccccc1)C3. The lowest BCUT2D eigenvalue weighted by molar-refractivity contribution is 0.806. The quantitative estimate of drug-likeness (QED) is 0.772. The first-order valence-electron chi connectivity index (χ1n) is 7.05. The fraction of sp³-hybridized carbons (Fsp3) is 0.222. The van der Waals surface area contributed by atoms with Crippen LogP contribution in [0.3, 0.4) is 0 Å². The molecule has 0 aliphatic heterocycles. The van der Waals surface area contributed by atoms with Gasteiger partial charge in [0.1, 0.15) is 0 Å². The van der Waals surface area contributed by atoms with Crippen LogP contribution in [0.2, 0.25) is 0 Å². The van der Waals surface area contributed by atoms with Crippen LogP contribution < -0.4 is 0 Å². The minimum Gasteiger partial charge on any atom is -0.358 e. The van der Waals surface area contributed by atoms with E-state index in [1.807, 2.05) is 0 Å². The first kappa shape index (κ1) is 10.9. The molecule has 2 aliphatic carbocycles. The summed E-state index contributed by atoms with van der Waals surface area (Å²) < 4.78 is 0. The fourth-order valence-electron chi connectivity index (χ4n) is 3.26. The second-order valence-electron chi connectivity index (χ2n) is 5.43. The Hall–Kier alpha value is -2.02. The van der Waals surface area contributed by atoms with Gasteiger partial charge in [-0.25, -0.2) is 0 Å². The molecule has 0 fully saturated rings. The van der Waals surface area contributed by atoms with E-state index >= 15 is 0 Å². The molecule has 19 heavy (non-hydrogen) atoms. The predicted octanol–water partition coefficient (Wildman–Crippen LogP) is 4.33. The number of benzene rings is 1. The Morgan fingerprint density at radius 3 is 2.84 bits per heavy atom. The lowest BCUT2D eigenvalue weighted by atomic mass is 9.86. The summed E-state index contributed by atoms with van der Waals surface area (Å²) in [5, 5.41) is 0. The molecule has 0 amide bonds. The van der Waals surface area contributed by atoms with Crippen molar-refractivity contribution in [3.8, 4) is 0 Å². The van der Waals surface area contributed by atoms with Gasteiger partial charge in [-0.05, 0) is 42.0 Å². The van der Waals surface area contributed by atoms with Gasteiger partial charge in [0, 0.05) is 17.3 Å². The minimum atomic E-state index is 0.512. The summed E-state index contributed by atoms with van der Waals surface area (Å²) in [7, 11) is 0. The van der Waals surface area contributed by atoms with Crippen molar-refractivity contribution in [2.45, 2.75) is 25.2 Å². The Bertz CT molecular complexity index is 658. The van der Waals surface area contributed by atoms with E-state index in [0.29, 0.717) is 5.92 Å². The number of H-pyrrole nitrogens is 1. The Balaban J connectivity index is 1.72. The van der Waals surface area contributed by atoms with Gasteiger partial charge in [0.05, 0.1) is 0 Å². The van der Waals surface area contributed by atoms with Crippen LogP contribution in [0.25, 0.3) is 12.2 Å². The molecular formula is C18H17N. The van der Waals surface area contributed by atoms with Crippen molar-refractivity contribution in [3.05, 3.63) is 70.6 Å². The van der Waals surface area contributed by atoms with Crippen LogP contribution >= 0.6 is 0 Å². The molecule has 1 heteroatoms. The van der Waals surface area contributed by atoms with Crippen molar-refractivity contribution in [2.75, 3.05) is 0 Å². The molecule has 1 unspecified atom stereocenters. The Morgan fingerprint density at radius 1 is 1.05 bits per heavy atom. The van der Waals surface area contributed by atoms with Crippen molar-refractivity contribution in [2.24, 2.45) is 0 Å². The molecule has 2 aromatic rings. The average molecular weight is 247 g/mol. The van der Waals surface area contributed by atoms with Crippen molar-refractivity contribution >= 4 is 12.2 Å². The molecular weight excluding hydrogens is 230 g/mol. The van der Waals surface area contributed by atoms with E-state index in [1.54, 1.807) is 0 Å². The zero-order valence-corrected chi connectivity index (χ0v) is 10.9. The summed E-state index contributed by atoms with van der Waals surface area (Å²) in [5.74, 6) is 0.512. The molecule has 0 radical (unpaired) electrons. The standard InChI is InChI=1S/C18H17N/c1-2-6-13(7-3-1)14-10-11-16-15-8-4-5-9-17(15)19-18(16)12-14/h1-3,5-7,9-11,14,19H,4,8,12H2. The van der Waals surface area contributed by atoms with Gasteiger partial charge >= 0.3 is 0 Å². The topological polar surface area (TPSA) is 15.8 Å². The molecule has 0 saturated heterocycles. The molecule has 2 aliphatic rings. The zero-order chi connectivity index (χ0) is 12.7. The number of fused-ring (bicyclic) bond motifs is 3. The normalized spacial score (nSPS) is 20.1. The van der Waals surface area contributed by atoms with Gasteiger partial charge in [-0.15, -0.1) is 0 Å². The van der Waals surface area contributed by atoms with Crippen molar-refractivity contribution in [3.63, 3.8) is 0 Å². The summed E-state index contributed by atoms with van der Waals surface area (Å²) in [4.78, 5) is 3.62. The van der Waals surface area contributed by atoms with Crippen LogP contribution in [0.4, 0.5) is 0 Å². The van der Waals surface area contributed by atoms with E-state index in [1.165, 1.54) is 40.9 Å². The second-order valence-corrected chi connectivity index (χ2v) is 5.43. The maximum atomic E-state index is 3.62. The number of aromatic nitrogens is 1. The average Bonchev–Trinajstić information content (AvgIpc) is 2.86. The highest BCUT2D eigenvalue weighted by Gasteiger charge is 2.22. The van der Waals surface area contributed by atoms with Gasteiger partial charge in [-0.1, -0.05) is 48.6 Å². The summed E-state index contributed by atoms with van der Waals surface area (Å²) in [6.07, 6.45) is 12.6. The van der Waals surface area contributed by atoms with Crippen molar-refractivity contribution in [1.82, 2.24) is 4.98 Å². The van der Waals surface area contributed by atoms with Gasteiger partial charge < -0.3 is 4.98 Å². The number of rotatable bonds is 1. The summed E-state index contributed by atoms with van der Waals surface area (Å²) >= 11 is 0. The maximum Gasteiger partial charge on any atom is 0.0418 e. The number of allylic oxidation sites excluding steroid dienone is 2. The highest BCUT2D eigenvalue weighted by molar-refractivity contribution is 5.68. The fourth-order valence-corrected chi connectivity index (χ4v) is 3.26. The Kier molecular flexibility index (Phi) is 2.44. The molecule has 94 valence electrons. The first-order chi connectivity index (χ1) is 9.42. The molecule has 1 nitrogen and oxygen atoms in total. The smallest absolute Gasteiger partial charge is 0.0418 e. The van der Waals surface area contributed by atoms with E-state index in [-0.39, 0.29) is 0 Å². The molecule has 0 saturated carbocycles. The lowest BCUT2D eigenvalue weighted by Gasteiger charge is -2.18. The van der Waals surface area contributed by atoms with Gasteiger partial charge in [0.25, 0.3) is 0 Å². The van der Waals surface area contributed by atoms with E-state index in [9.17, 15) is 0 Å². The second kappa shape index (κ2) is 4.27. The van der Waals surface area contributed by atoms with Gasteiger partial charge in [0.2, 0.25) is 0 Å². The molecule has 1 N–H and O–H groups in total. The van der Waals surface area contributed by atoms with Gasteiger partial charge in [0.15, 0.2) is 0 Å². The van der Waals surface area contributed by atoms with Crippen LogP contribution in [0, 0.1) is 0 Å². The third-order valence-corrected chi connectivity index (χ3v) is 4.25. The molecule has 1 aromatic heterocycles. The molecule has 1 heterocycles. The number of nitrogens with one attached hydrogen (secondary N) is 1. The van der Waals surface area contributed by atoms with Gasteiger partial charge in [-0.3, -0.25) is 0 Å². The number of hydrogen-bond donors (Lipinski definition) is 1. The van der Waals surface area contributed by atoms with Crippen LogP contribution in [0.15, 0.2) is 42.5 Å². The highest BCUT2D eigenvalue weighted by atomic mass is 14.7. The molecule has 0 spiro atoms. The van der Waals surface area contributed by atoms with Gasteiger partial charge in [-0.2, -0.15) is 0 Å². The summed E-state index contributed by atoms with van der Waals surface area (Å²) in [6, 6.07) is 10.8. The van der Waals surface area contributed by atoms with Crippen LogP contribution in [-0.4, -0.2) is 4.98 Å². The third-order valence-electron chi connectivity index (χ3n) is 4.25. The zero-order valence-electron chi connectivity index (χ0n) is 10.9. The Morgan fingerprint density at radius 2 is 1.95 bits per heavy atom. The van der Waals surface area contributed by atoms with E-state index < -0.39 is 0 Å². The number of hydrogen-bond acceptors (Lipinski definition) is 0. The molecule has 1 aromatic carbocycles. The summed E-state index contributed by atoms with van der Waals surface area (Å²) in [5.41, 5.74) is 7.11. The molecule has 0 bridgehead atoms. The van der Waals surface area contributed by atoms with E-state index in [4.69, 9.17) is 0 Å². The van der Waals surface area contributed by atoms with E-state index in [0.717, 1.165) is 6.42 Å². The third kappa shape index (κ3) is 1.77. The van der Waals surface area contributed by atoms with Crippen LogP contribution in [0.5, 0.6) is 0 Å². The summed E-state index contributed by atoms with van der Waals surface area (Å²) in [6.45, 7) is 0. The Labute approximate surface area is 113 Å². The largest absolute Gasteiger partial charge is 0.358 e. The predicted molar refractivity (Wildman–Crippen MR) is 80.1 cm³/mol. The van der Waals surface area contributed by atoms with Crippen LogP contribution in [0.1, 0.15) is 40.4 Å². The maximum absolute atomic E-state index is 3.62. The lowest BCUT2D eigenvalue weighted by Crippen LogP contribution is -2.05. The number of aromatic amines is 1.